The fourth-order valence-electron chi connectivity index (χ4n) is 2.36. The van der Waals surface area contributed by atoms with Crippen LogP contribution < -0.4 is 10.1 Å². The maximum atomic E-state index is 12.0. The number of morpholine rings is 1. The second-order valence-electron chi connectivity index (χ2n) is 5.31. The van der Waals surface area contributed by atoms with Crippen LogP contribution in [0.25, 0.3) is 11.5 Å². The molecule has 0 spiro atoms. The number of aromatic nitrogens is 2. The van der Waals surface area contributed by atoms with E-state index in [1.807, 2.05) is 24.3 Å². The van der Waals surface area contributed by atoms with E-state index in [2.05, 4.69) is 15.5 Å². The molecule has 1 aromatic heterocycles. The summed E-state index contributed by atoms with van der Waals surface area (Å²) in [4.78, 5) is 13.7. The molecule has 0 atom stereocenters. The molecule has 0 bridgehead atoms. The fraction of sp³-hybridized carbons (Fsp3) is 0.438. The summed E-state index contributed by atoms with van der Waals surface area (Å²) < 4.78 is 16.0. The molecular formula is C16H20N4O4. The Kier molecular flexibility index (Phi) is 5.27. The Balaban J connectivity index is 1.49. The highest BCUT2D eigenvalue weighted by molar-refractivity contribution is 5.74. The van der Waals surface area contributed by atoms with Crippen molar-refractivity contribution in [2.75, 3.05) is 40.0 Å². The standard InChI is InChI=1S/C16H20N4O4/c1-22-13-4-2-12(3-5-13)15-19-18-14(24-15)6-7-17-16(21)20-8-10-23-11-9-20/h2-5H,6-11H2,1H3,(H,17,21). The van der Waals surface area contributed by atoms with Gasteiger partial charge in [-0.15, -0.1) is 10.2 Å². The Bertz CT molecular complexity index is 665. The molecule has 0 saturated carbocycles. The van der Waals surface area contributed by atoms with E-state index in [0.29, 0.717) is 51.1 Å². The van der Waals surface area contributed by atoms with Crippen molar-refractivity contribution >= 4 is 6.03 Å². The van der Waals surface area contributed by atoms with E-state index in [-0.39, 0.29) is 6.03 Å². The quantitative estimate of drug-likeness (QED) is 0.888. The van der Waals surface area contributed by atoms with Crippen LogP contribution in [-0.2, 0) is 11.2 Å². The van der Waals surface area contributed by atoms with Gasteiger partial charge in [0.1, 0.15) is 5.75 Å². The normalized spacial score (nSPS) is 14.5. The second-order valence-corrected chi connectivity index (χ2v) is 5.31. The van der Waals surface area contributed by atoms with Crippen LogP contribution in [-0.4, -0.2) is 61.1 Å². The largest absolute Gasteiger partial charge is 0.497 e. The van der Waals surface area contributed by atoms with Crippen LogP contribution in [0, 0.1) is 0 Å². The van der Waals surface area contributed by atoms with Crippen molar-refractivity contribution in [3.63, 3.8) is 0 Å². The predicted octanol–water partition coefficient (Wildman–Crippen LogP) is 1.33. The molecule has 1 aliphatic rings. The molecule has 8 nitrogen and oxygen atoms in total. The molecule has 0 aliphatic carbocycles. The van der Waals surface area contributed by atoms with Gasteiger partial charge >= 0.3 is 6.03 Å². The first-order chi connectivity index (χ1) is 11.8. The average Bonchev–Trinajstić information content (AvgIpc) is 3.11. The van der Waals surface area contributed by atoms with Crippen LogP contribution >= 0.6 is 0 Å². The number of ether oxygens (including phenoxy) is 2. The summed E-state index contributed by atoms with van der Waals surface area (Å²) in [5.74, 6) is 1.71. The molecular weight excluding hydrogens is 312 g/mol. The number of hydrogen-bond acceptors (Lipinski definition) is 6. The molecule has 1 saturated heterocycles. The number of benzene rings is 1. The van der Waals surface area contributed by atoms with E-state index in [0.717, 1.165) is 11.3 Å². The van der Waals surface area contributed by atoms with Gasteiger partial charge in [-0.2, -0.15) is 0 Å². The lowest BCUT2D eigenvalue weighted by atomic mass is 10.2. The van der Waals surface area contributed by atoms with Crippen molar-refractivity contribution < 1.29 is 18.7 Å². The van der Waals surface area contributed by atoms with Crippen molar-refractivity contribution in [3.05, 3.63) is 30.2 Å². The molecule has 2 aromatic rings. The van der Waals surface area contributed by atoms with Crippen LogP contribution in [0.3, 0.4) is 0 Å². The first kappa shape index (κ1) is 16.3. The number of amides is 2. The number of methoxy groups -OCH3 is 1. The molecule has 0 radical (unpaired) electrons. The number of carbonyl (C=O) groups is 1. The summed E-state index contributed by atoms with van der Waals surface area (Å²) >= 11 is 0. The van der Waals surface area contributed by atoms with Crippen LogP contribution in [0.1, 0.15) is 5.89 Å². The molecule has 2 heterocycles. The molecule has 2 amide bonds. The van der Waals surface area contributed by atoms with Gasteiger partial charge in [-0.25, -0.2) is 4.79 Å². The van der Waals surface area contributed by atoms with Crippen LogP contribution in [0.15, 0.2) is 28.7 Å². The van der Waals surface area contributed by atoms with Crippen molar-refractivity contribution in [2.45, 2.75) is 6.42 Å². The SMILES string of the molecule is COc1ccc(-c2nnc(CCNC(=O)N3CCOCC3)o2)cc1. The highest BCUT2D eigenvalue weighted by Crippen LogP contribution is 2.21. The van der Waals surface area contributed by atoms with Gasteiger partial charge in [0.25, 0.3) is 0 Å². The number of nitrogens with zero attached hydrogens (tertiary/aromatic N) is 3. The van der Waals surface area contributed by atoms with E-state index >= 15 is 0 Å². The summed E-state index contributed by atoms with van der Waals surface area (Å²) in [6.45, 7) is 2.85. The van der Waals surface area contributed by atoms with Gasteiger partial charge in [-0.1, -0.05) is 0 Å². The first-order valence-electron chi connectivity index (χ1n) is 7.83. The number of hydrogen-bond donors (Lipinski definition) is 1. The predicted molar refractivity (Wildman–Crippen MR) is 85.8 cm³/mol. The zero-order valence-electron chi connectivity index (χ0n) is 13.5. The van der Waals surface area contributed by atoms with Crippen molar-refractivity contribution in [1.29, 1.82) is 0 Å². The smallest absolute Gasteiger partial charge is 0.317 e. The Morgan fingerprint density at radius 2 is 2.00 bits per heavy atom. The zero-order valence-corrected chi connectivity index (χ0v) is 13.5. The van der Waals surface area contributed by atoms with Gasteiger partial charge in [0.05, 0.1) is 20.3 Å². The fourth-order valence-corrected chi connectivity index (χ4v) is 2.36. The lowest BCUT2D eigenvalue weighted by Gasteiger charge is -2.26. The number of nitrogens with one attached hydrogen (secondary N) is 1. The van der Waals surface area contributed by atoms with E-state index in [1.54, 1.807) is 12.0 Å². The summed E-state index contributed by atoms with van der Waals surface area (Å²) in [6.07, 6.45) is 0.485. The van der Waals surface area contributed by atoms with Crippen LogP contribution in [0.4, 0.5) is 4.79 Å². The van der Waals surface area contributed by atoms with Crippen LogP contribution in [0.5, 0.6) is 5.75 Å². The van der Waals surface area contributed by atoms with Gasteiger partial charge in [0.15, 0.2) is 0 Å². The van der Waals surface area contributed by atoms with Gasteiger partial charge in [0.2, 0.25) is 11.8 Å². The number of rotatable bonds is 5. The maximum Gasteiger partial charge on any atom is 0.317 e. The minimum absolute atomic E-state index is 0.0896. The summed E-state index contributed by atoms with van der Waals surface area (Å²) in [7, 11) is 1.62. The molecule has 1 aromatic carbocycles. The van der Waals surface area contributed by atoms with E-state index < -0.39 is 0 Å². The zero-order chi connectivity index (χ0) is 16.8. The topological polar surface area (TPSA) is 89.7 Å². The molecule has 1 N–H and O–H groups in total. The second kappa shape index (κ2) is 7.78. The lowest BCUT2D eigenvalue weighted by Crippen LogP contribution is -2.46. The van der Waals surface area contributed by atoms with Crippen molar-refractivity contribution in [2.24, 2.45) is 0 Å². The van der Waals surface area contributed by atoms with Crippen molar-refractivity contribution in [1.82, 2.24) is 20.4 Å². The minimum atomic E-state index is -0.0896. The maximum absolute atomic E-state index is 12.0. The third kappa shape index (κ3) is 4.02. The van der Waals surface area contributed by atoms with Gasteiger partial charge < -0.3 is 24.1 Å². The van der Waals surface area contributed by atoms with E-state index in [1.165, 1.54) is 0 Å². The summed E-state index contributed by atoms with van der Waals surface area (Å²) in [5.41, 5.74) is 0.826. The first-order valence-corrected chi connectivity index (χ1v) is 7.83. The minimum Gasteiger partial charge on any atom is -0.497 e. The molecule has 1 aliphatic heterocycles. The Morgan fingerprint density at radius 1 is 1.25 bits per heavy atom. The summed E-state index contributed by atoms with van der Waals surface area (Å²) in [5, 5.41) is 10.9. The number of carbonyl (C=O) groups excluding carboxylic acids is 1. The monoisotopic (exact) mass is 332 g/mol. The molecule has 24 heavy (non-hydrogen) atoms. The van der Waals surface area contributed by atoms with Gasteiger partial charge in [-0.3, -0.25) is 0 Å². The molecule has 128 valence electrons. The van der Waals surface area contributed by atoms with Gasteiger partial charge in [0, 0.05) is 31.6 Å². The molecule has 0 unspecified atom stereocenters. The molecule has 8 heteroatoms. The van der Waals surface area contributed by atoms with Crippen molar-refractivity contribution in [3.8, 4) is 17.2 Å². The van der Waals surface area contributed by atoms with E-state index in [4.69, 9.17) is 13.9 Å². The summed E-state index contributed by atoms with van der Waals surface area (Å²) in [6, 6.07) is 7.30. The highest BCUT2D eigenvalue weighted by Gasteiger charge is 2.16. The van der Waals surface area contributed by atoms with E-state index in [9.17, 15) is 4.79 Å². The Morgan fingerprint density at radius 3 is 2.71 bits per heavy atom. The average molecular weight is 332 g/mol. The molecule has 3 rings (SSSR count). The Labute approximate surface area is 139 Å². The lowest BCUT2D eigenvalue weighted by molar-refractivity contribution is 0.0532. The highest BCUT2D eigenvalue weighted by atomic mass is 16.5. The third-order valence-electron chi connectivity index (χ3n) is 3.72. The third-order valence-corrected chi connectivity index (χ3v) is 3.72. The van der Waals surface area contributed by atoms with Crippen LogP contribution in [0.2, 0.25) is 0 Å². The van der Waals surface area contributed by atoms with Gasteiger partial charge in [-0.05, 0) is 24.3 Å². The Hall–Kier alpha value is -2.61. The molecule has 1 fully saturated rings. The number of urea groups is 1.